The summed E-state index contributed by atoms with van der Waals surface area (Å²) in [6.07, 6.45) is 1.67. The van der Waals surface area contributed by atoms with Crippen LogP contribution in [0.4, 0.5) is 11.4 Å². The number of ether oxygens (including phenoxy) is 1. The van der Waals surface area contributed by atoms with E-state index in [0.717, 1.165) is 18.8 Å². The van der Waals surface area contributed by atoms with Crippen LogP contribution < -0.4 is 20.3 Å². The minimum Gasteiger partial charge on any atom is -0.479 e. The van der Waals surface area contributed by atoms with E-state index < -0.39 is 0 Å². The van der Waals surface area contributed by atoms with Crippen LogP contribution >= 0.6 is 0 Å². The summed E-state index contributed by atoms with van der Waals surface area (Å²) in [6.45, 7) is 3.76. The number of rotatable bonds is 5. The lowest BCUT2D eigenvalue weighted by atomic mass is 9.88. The fourth-order valence-corrected chi connectivity index (χ4v) is 2.19. The second kappa shape index (κ2) is 6.09. The molecule has 2 N–H and O–H groups in total. The first-order chi connectivity index (χ1) is 9.54. The third-order valence-corrected chi connectivity index (χ3v) is 3.75. The standard InChI is InChI=1S/C14H22N4O2/c1-9(10-7-15-8-10)13(19)17-12-11(18(2)3)5-6-16-14(12)20-4/h5-6,9-10,15H,7-8H2,1-4H3,(H,17,19). The Morgan fingerprint density at radius 1 is 1.55 bits per heavy atom. The zero-order valence-corrected chi connectivity index (χ0v) is 12.4. The molecule has 0 aromatic carbocycles. The first-order valence-corrected chi connectivity index (χ1v) is 6.76. The van der Waals surface area contributed by atoms with Gasteiger partial charge in [-0.2, -0.15) is 0 Å². The molecule has 1 fully saturated rings. The van der Waals surface area contributed by atoms with Crippen LogP contribution in [-0.4, -0.2) is 45.2 Å². The van der Waals surface area contributed by atoms with E-state index in [-0.39, 0.29) is 11.8 Å². The smallest absolute Gasteiger partial charge is 0.239 e. The molecule has 1 aliphatic rings. The van der Waals surface area contributed by atoms with E-state index in [0.29, 0.717) is 17.5 Å². The van der Waals surface area contributed by atoms with Crippen molar-refractivity contribution in [2.24, 2.45) is 11.8 Å². The molecular weight excluding hydrogens is 256 g/mol. The third kappa shape index (κ3) is 2.85. The van der Waals surface area contributed by atoms with Crippen LogP contribution in [0.25, 0.3) is 0 Å². The monoisotopic (exact) mass is 278 g/mol. The molecule has 6 nitrogen and oxygen atoms in total. The quantitative estimate of drug-likeness (QED) is 0.839. The number of hydrogen-bond acceptors (Lipinski definition) is 5. The van der Waals surface area contributed by atoms with Crippen molar-refractivity contribution in [2.75, 3.05) is 44.5 Å². The maximum Gasteiger partial charge on any atom is 0.239 e. The van der Waals surface area contributed by atoms with E-state index in [2.05, 4.69) is 15.6 Å². The van der Waals surface area contributed by atoms with Crippen LogP contribution in [0.2, 0.25) is 0 Å². The Morgan fingerprint density at radius 3 is 2.75 bits per heavy atom. The van der Waals surface area contributed by atoms with Crippen LogP contribution in [0.1, 0.15) is 6.92 Å². The summed E-state index contributed by atoms with van der Waals surface area (Å²) in [6, 6.07) is 1.85. The Kier molecular flexibility index (Phi) is 4.44. The van der Waals surface area contributed by atoms with E-state index in [1.807, 2.05) is 32.0 Å². The van der Waals surface area contributed by atoms with Crippen molar-refractivity contribution in [2.45, 2.75) is 6.92 Å². The van der Waals surface area contributed by atoms with E-state index in [1.54, 1.807) is 13.3 Å². The number of anilines is 2. The van der Waals surface area contributed by atoms with Gasteiger partial charge in [0.15, 0.2) is 0 Å². The lowest BCUT2D eigenvalue weighted by molar-refractivity contribution is -0.121. The van der Waals surface area contributed by atoms with Gasteiger partial charge in [-0.05, 0) is 25.1 Å². The lowest BCUT2D eigenvalue weighted by Gasteiger charge is -2.32. The molecule has 1 amide bonds. The predicted octanol–water partition coefficient (Wildman–Crippen LogP) is 0.950. The number of aromatic nitrogens is 1. The summed E-state index contributed by atoms with van der Waals surface area (Å²) >= 11 is 0. The van der Waals surface area contributed by atoms with Crippen molar-refractivity contribution in [3.63, 3.8) is 0 Å². The fourth-order valence-electron chi connectivity index (χ4n) is 2.19. The molecule has 0 bridgehead atoms. The normalized spacial score (nSPS) is 16.2. The maximum absolute atomic E-state index is 12.3. The number of hydrogen-bond donors (Lipinski definition) is 2. The highest BCUT2D eigenvalue weighted by molar-refractivity contribution is 5.97. The first kappa shape index (κ1) is 14.6. The number of amides is 1. The summed E-state index contributed by atoms with van der Waals surface area (Å²) < 4.78 is 5.25. The van der Waals surface area contributed by atoms with Gasteiger partial charge in [-0.3, -0.25) is 4.79 Å². The predicted molar refractivity (Wildman–Crippen MR) is 79.3 cm³/mol. The average molecular weight is 278 g/mol. The largest absolute Gasteiger partial charge is 0.479 e. The second-order valence-corrected chi connectivity index (χ2v) is 5.31. The SMILES string of the molecule is COc1nccc(N(C)C)c1NC(=O)C(C)C1CNC1. The molecule has 6 heteroatoms. The second-order valence-electron chi connectivity index (χ2n) is 5.31. The van der Waals surface area contributed by atoms with E-state index in [9.17, 15) is 4.79 Å². The highest BCUT2D eigenvalue weighted by atomic mass is 16.5. The zero-order valence-electron chi connectivity index (χ0n) is 12.4. The van der Waals surface area contributed by atoms with Crippen LogP contribution in [-0.2, 0) is 4.79 Å². The summed E-state index contributed by atoms with van der Waals surface area (Å²) in [5.74, 6) is 0.811. The molecule has 0 spiro atoms. The molecular formula is C14H22N4O2. The first-order valence-electron chi connectivity index (χ1n) is 6.76. The Balaban J connectivity index is 2.20. The van der Waals surface area contributed by atoms with Gasteiger partial charge in [0, 0.05) is 26.2 Å². The Bertz CT molecular complexity index is 486. The summed E-state index contributed by atoms with van der Waals surface area (Å²) in [5.41, 5.74) is 1.51. The van der Waals surface area contributed by atoms with Gasteiger partial charge in [0.2, 0.25) is 11.8 Å². The molecule has 2 heterocycles. The Labute approximate surface area is 119 Å². The molecule has 1 unspecified atom stereocenters. The van der Waals surface area contributed by atoms with Crippen molar-refractivity contribution in [3.05, 3.63) is 12.3 Å². The molecule has 1 aromatic heterocycles. The molecule has 2 rings (SSSR count). The molecule has 1 saturated heterocycles. The van der Waals surface area contributed by atoms with Gasteiger partial charge in [-0.15, -0.1) is 0 Å². The number of methoxy groups -OCH3 is 1. The van der Waals surface area contributed by atoms with Crippen molar-refractivity contribution < 1.29 is 9.53 Å². The summed E-state index contributed by atoms with van der Waals surface area (Å²) in [4.78, 5) is 18.4. The van der Waals surface area contributed by atoms with Crippen LogP contribution in [0, 0.1) is 11.8 Å². The van der Waals surface area contributed by atoms with Gasteiger partial charge in [-0.25, -0.2) is 4.98 Å². The van der Waals surface area contributed by atoms with Crippen LogP contribution in [0.15, 0.2) is 12.3 Å². The van der Waals surface area contributed by atoms with Crippen molar-refractivity contribution >= 4 is 17.3 Å². The van der Waals surface area contributed by atoms with Crippen molar-refractivity contribution in [1.29, 1.82) is 0 Å². The zero-order chi connectivity index (χ0) is 14.7. The topological polar surface area (TPSA) is 66.5 Å². The summed E-state index contributed by atoms with van der Waals surface area (Å²) in [7, 11) is 5.39. The molecule has 0 aliphatic carbocycles. The van der Waals surface area contributed by atoms with Gasteiger partial charge >= 0.3 is 0 Å². The maximum atomic E-state index is 12.3. The fraction of sp³-hybridized carbons (Fsp3) is 0.571. The number of pyridine rings is 1. The molecule has 1 atom stereocenters. The number of nitrogens with zero attached hydrogens (tertiary/aromatic N) is 2. The highest BCUT2D eigenvalue weighted by Crippen LogP contribution is 2.32. The number of nitrogens with one attached hydrogen (secondary N) is 2. The molecule has 0 radical (unpaired) electrons. The molecule has 20 heavy (non-hydrogen) atoms. The average Bonchev–Trinajstić information content (AvgIpc) is 2.36. The van der Waals surface area contributed by atoms with Gasteiger partial charge < -0.3 is 20.3 Å². The van der Waals surface area contributed by atoms with Gasteiger partial charge in [0.05, 0.1) is 12.8 Å². The van der Waals surface area contributed by atoms with E-state index in [1.165, 1.54) is 0 Å². The van der Waals surface area contributed by atoms with Crippen LogP contribution in [0.3, 0.4) is 0 Å². The molecule has 0 saturated carbocycles. The van der Waals surface area contributed by atoms with Crippen molar-refractivity contribution in [3.8, 4) is 5.88 Å². The van der Waals surface area contributed by atoms with Crippen molar-refractivity contribution in [1.82, 2.24) is 10.3 Å². The third-order valence-electron chi connectivity index (χ3n) is 3.75. The van der Waals surface area contributed by atoms with Gasteiger partial charge in [0.1, 0.15) is 5.69 Å². The van der Waals surface area contributed by atoms with Crippen LogP contribution in [0.5, 0.6) is 5.88 Å². The minimum atomic E-state index is -0.0313. The number of carbonyl (C=O) groups excluding carboxylic acids is 1. The van der Waals surface area contributed by atoms with E-state index in [4.69, 9.17) is 4.74 Å². The number of carbonyl (C=O) groups is 1. The van der Waals surface area contributed by atoms with Gasteiger partial charge in [0.25, 0.3) is 0 Å². The molecule has 1 aromatic rings. The Hall–Kier alpha value is -1.82. The summed E-state index contributed by atoms with van der Waals surface area (Å²) in [5, 5.41) is 6.15. The lowest BCUT2D eigenvalue weighted by Crippen LogP contribution is -2.48. The highest BCUT2D eigenvalue weighted by Gasteiger charge is 2.29. The minimum absolute atomic E-state index is 0.00546. The van der Waals surface area contributed by atoms with Gasteiger partial charge in [-0.1, -0.05) is 6.92 Å². The molecule has 110 valence electrons. The molecule has 1 aliphatic heterocycles. The van der Waals surface area contributed by atoms with E-state index >= 15 is 0 Å². The Morgan fingerprint density at radius 2 is 2.25 bits per heavy atom.